The standard InChI is InChI=1S/C18H36N3P/c1-4-10-19(11-5-1)16-22(17-20-12-6-2-7-13-20)18-21-14-8-3-9-15-21/h1-18H2. The predicted molar refractivity (Wildman–Crippen MR) is 97.8 cm³/mol. The fourth-order valence-electron chi connectivity index (χ4n) is 4.29. The Bertz CT molecular complexity index is 247. The fourth-order valence-corrected chi connectivity index (χ4v) is 7.10. The molecule has 3 nitrogen and oxygen atoms in total. The zero-order valence-electron chi connectivity index (χ0n) is 14.5. The van der Waals surface area contributed by atoms with E-state index in [1.165, 1.54) is 116 Å². The van der Waals surface area contributed by atoms with Crippen molar-refractivity contribution in [2.75, 3.05) is 58.1 Å². The summed E-state index contributed by atoms with van der Waals surface area (Å²) in [5.41, 5.74) is 0. The Morgan fingerprint density at radius 1 is 0.409 bits per heavy atom. The van der Waals surface area contributed by atoms with Crippen molar-refractivity contribution in [2.45, 2.75) is 57.8 Å². The highest BCUT2D eigenvalue weighted by atomic mass is 31.1. The van der Waals surface area contributed by atoms with Crippen LogP contribution in [0.3, 0.4) is 0 Å². The monoisotopic (exact) mass is 325 g/mol. The van der Waals surface area contributed by atoms with Crippen LogP contribution >= 0.6 is 7.92 Å². The number of hydrogen-bond acceptors (Lipinski definition) is 3. The minimum absolute atomic E-state index is 0.149. The molecule has 3 aliphatic heterocycles. The molecule has 0 aliphatic carbocycles. The lowest BCUT2D eigenvalue weighted by molar-refractivity contribution is 0.239. The van der Waals surface area contributed by atoms with E-state index in [0.29, 0.717) is 0 Å². The summed E-state index contributed by atoms with van der Waals surface area (Å²) in [5, 5.41) is 0. The predicted octanol–water partition coefficient (Wildman–Crippen LogP) is 3.80. The molecule has 0 aromatic carbocycles. The minimum atomic E-state index is 0.149. The summed E-state index contributed by atoms with van der Waals surface area (Å²) in [4.78, 5) is 8.38. The van der Waals surface area contributed by atoms with Gasteiger partial charge in [-0.3, -0.25) is 14.7 Å². The van der Waals surface area contributed by atoms with Crippen LogP contribution in [0.15, 0.2) is 0 Å². The molecule has 0 N–H and O–H groups in total. The van der Waals surface area contributed by atoms with Crippen LogP contribution in [0.4, 0.5) is 0 Å². The van der Waals surface area contributed by atoms with Crippen LogP contribution in [0, 0.1) is 0 Å². The maximum absolute atomic E-state index is 2.79. The van der Waals surface area contributed by atoms with Crippen LogP contribution < -0.4 is 0 Å². The molecule has 0 atom stereocenters. The Hall–Kier alpha value is 0.310. The molecule has 0 bridgehead atoms. The fraction of sp³-hybridized carbons (Fsp3) is 1.00. The van der Waals surface area contributed by atoms with Gasteiger partial charge in [-0.2, -0.15) is 0 Å². The van der Waals surface area contributed by atoms with E-state index in [2.05, 4.69) is 14.7 Å². The average molecular weight is 325 g/mol. The molecule has 0 saturated carbocycles. The van der Waals surface area contributed by atoms with E-state index in [9.17, 15) is 0 Å². The topological polar surface area (TPSA) is 9.72 Å². The summed E-state index contributed by atoms with van der Waals surface area (Å²) < 4.78 is 0. The molecule has 3 aliphatic rings. The first-order valence-corrected chi connectivity index (χ1v) is 11.7. The molecule has 3 rings (SSSR count). The third-order valence-electron chi connectivity index (χ3n) is 5.55. The second-order valence-corrected chi connectivity index (χ2v) is 9.82. The Kier molecular flexibility index (Phi) is 7.46. The maximum atomic E-state index is 2.79. The van der Waals surface area contributed by atoms with E-state index in [1.54, 1.807) is 0 Å². The second-order valence-electron chi connectivity index (χ2n) is 7.63. The summed E-state index contributed by atoms with van der Waals surface area (Å²) in [7, 11) is 0.149. The van der Waals surface area contributed by atoms with Gasteiger partial charge in [-0.05, 0) is 77.8 Å². The van der Waals surface area contributed by atoms with Crippen molar-refractivity contribution in [1.82, 2.24) is 14.7 Å². The van der Waals surface area contributed by atoms with E-state index in [1.807, 2.05) is 0 Å². The second kappa shape index (κ2) is 9.57. The molecule has 22 heavy (non-hydrogen) atoms. The molecule has 3 heterocycles. The van der Waals surface area contributed by atoms with Crippen LogP contribution in [0.2, 0.25) is 0 Å². The smallest absolute Gasteiger partial charge is 0.0207 e. The van der Waals surface area contributed by atoms with Crippen molar-refractivity contribution in [3.63, 3.8) is 0 Å². The molecular formula is C18H36N3P. The number of piperidine rings is 3. The number of rotatable bonds is 6. The Morgan fingerprint density at radius 2 is 0.682 bits per heavy atom. The zero-order chi connectivity index (χ0) is 15.0. The van der Waals surface area contributed by atoms with Crippen molar-refractivity contribution in [3.8, 4) is 0 Å². The molecule has 3 saturated heterocycles. The van der Waals surface area contributed by atoms with Crippen LogP contribution in [-0.4, -0.2) is 72.8 Å². The lowest BCUT2D eigenvalue weighted by atomic mass is 10.1. The van der Waals surface area contributed by atoms with Crippen molar-refractivity contribution < 1.29 is 0 Å². The molecule has 0 aromatic rings. The highest BCUT2D eigenvalue weighted by Crippen LogP contribution is 2.39. The highest BCUT2D eigenvalue weighted by Gasteiger charge is 2.22. The van der Waals surface area contributed by atoms with Gasteiger partial charge in [0.15, 0.2) is 0 Å². The van der Waals surface area contributed by atoms with Crippen molar-refractivity contribution in [2.24, 2.45) is 0 Å². The molecule has 0 aromatic heterocycles. The lowest BCUT2D eigenvalue weighted by Crippen LogP contribution is -2.37. The van der Waals surface area contributed by atoms with Gasteiger partial charge in [-0.1, -0.05) is 27.2 Å². The molecular weight excluding hydrogens is 289 g/mol. The van der Waals surface area contributed by atoms with Gasteiger partial charge in [0.05, 0.1) is 0 Å². The van der Waals surface area contributed by atoms with Gasteiger partial charge in [0.2, 0.25) is 0 Å². The number of nitrogens with zero attached hydrogens (tertiary/aromatic N) is 3. The first-order chi connectivity index (χ1) is 10.9. The van der Waals surface area contributed by atoms with Gasteiger partial charge in [-0.15, -0.1) is 0 Å². The van der Waals surface area contributed by atoms with E-state index < -0.39 is 0 Å². The average Bonchev–Trinajstić information content (AvgIpc) is 2.57. The Balaban J connectivity index is 1.50. The maximum Gasteiger partial charge on any atom is 0.0207 e. The molecule has 128 valence electrons. The SMILES string of the molecule is C1CCN(CP(CN2CCCCC2)CN2CCCCC2)CC1. The Labute approximate surface area is 139 Å². The lowest BCUT2D eigenvalue weighted by Gasteiger charge is -2.38. The largest absolute Gasteiger partial charge is 0.299 e. The summed E-state index contributed by atoms with van der Waals surface area (Å²) in [6.07, 6.45) is 17.3. The van der Waals surface area contributed by atoms with Crippen molar-refractivity contribution in [1.29, 1.82) is 0 Å². The first-order valence-electron chi connectivity index (χ1n) is 9.79. The van der Waals surface area contributed by atoms with Crippen LogP contribution in [0.25, 0.3) is 0 Å². The highest BCUT2D eigenvalue weighted by molar-refractivity contribution is 7.57. The third-order valence-corrected chi connectivity index (χ3v) is 7.95. The third kappa shape index (κ3) is 5.74. The molecule has 4 heteroatoms. The van der Waals surface area contributed by atoms with Crippen LogP contribution in [0.5, 0.6) is 0 Å². The minimum Gasteiger partial charge on any atom is -0.299 e. The molecule has 0 spiro atoms. The quantitative estimate of drug-likeness (QED) is 0.688. The number of hydrogen-bond donors (Lipinski definition) is 0. The van der Waals surface area contributed by atoms with Crippen molar-refractivity contribution >= 4 is 7.92 Å². The summed E-state index contributed by atoms with van der Waals surface area (Å²) in [5.74, 6) is 0. The van der Waals surface area contributed by atoms with E-state index in [-0.39, 0.29) is 7.92 Å². The molecule has 0 amide bonds. The normalized spacial score (nSPS) is 26.6. The Morgan fingerprint density at radius 3 is 0.955 bits per heavy atom. The molecule has 0 radical (unpaired) electrons. The zero-order valence-corrected chi connectivity index (χ0v) is 15.4. The summed E-state index contributed by atoms with van der Waals surface area (Å²) >= 11 is 0. The van der Waals surface area contributed by atoms with Gasteiger partial charge in [0.25, 0.3) is 0 Å². The summed E-state index contributed by atoms with van der Waals surface area (Å²) in [6.45, 7) is 8.24. The van der Waals surface area contributed by atoms with Gasteiger partial charge in [0, 0.05) is 18.9 Å². The van der Waals surface area contributed by atoms with Crippen LogP contribution in [0.1, 0.15) is 57.8 Å². The molecule has 3 fully saturated rings. The van der Waals surface area contributed by atoms with E-state index in [0.717, 1.165) is 0 Å². The summed E-state index contributed by atoms with van der Waals surface area (Å²) in [6, 6.07) is 0. The molecule has 0 unspecified atom stereocenters. The first kappa shape index (κ1) is 17.1. The van der Waals surface area contributed by atoms with Crippen LogP contribution in [-0.2, 0) is 0 Å². The number of likely N-dealkylation sites (tertiary alicyclic amines) is 3. The van der Waals surface area contributed by atoms with Gasteiger partial charge in [0.1, 0.15) is 0 Å². The van der Waals surface area contributed by atoms with E-state index in [4.69, 9.17) is 0 Å². The van der Waals surface area contributed by atoms with Gasteiger partial charge >= 0.3 is 0 Å². The van der Waals surface area contributed by atoms with Gasteiger partial charge in [-0.25, -0.2) is 0 Å². The van der Waals surface area contributed by atoms with Crippen molar-refractivity contribution in [3.05, 3.63) is 0 Å². The van der Waals surface area contributed by atoms with Gasteiger partial charge < -0.3 is 0 Å². The van der Waals surface area contributed by atoms with E-state index >= 15 is 0 Å².